The summed E-state index contributed by atoms with van der Waals surface area (Å²) in [6.45, 7) is 11.9. The largest absolute Gasteiger partial charge is 0.454 e. The Morgan fingerprint density at radius 1 is 1.13 bits per heavy atom. The van der Waals surface area contributed by atoms with Crippen LogP contribution in [-0.2, 0) is 21.3 Å². The topological polar surface area (TPSA) is 85.7 Å². The summed E-state index contributed by atoms with van der Waals surface area (Å²) in [5, 5.41) is 0. The highest BCUT2D eigenvalue weighted by Crippen LogP contribution is 2.18. The first kappa shape index (κ1) is 23.6. The lowest BCUT2D eigenvalue weighted by atomic mass is 10.1. The molecule has 0 unspecified atom stereocenters. The van der Waals surface area contributed by atoms with E-state index in [9.17, 15) is 18.0 Å². The fourth-order valence-corrected chi connectivity index (χ4v) is 4.72. The molecular weight excluding hydrogens is 404 g/mol. The number of rotatable bonds is 10. The van der Waals surface area contributed by atoms with Gasteiger partial charge in [0.25, 0.3) is 0 Å². The maximum Gasteiger partial charge on any atom is 0.338 e. The van der Waals surface area contributed by atoms with Crippen LogP contribution >= 0.6 is 0 Å². The Kier molecular flexibility index (Phi) is 7.75. The number of Topliss-reactive ketones (excluding diaryl/α,β-unsaturated/α-hetero) is 1. The number of carbonyl (C=O) groups excluding carboxylic acids is 2. The van der Waals surface area contributed by atoms with Crippen molar-refractivity contribution in [3.05, 3.63) is 65.5 Å². The second-order valence-corrected chi connectivity index (χ2v) is 8.74. The molecule has 8 heteroatoms. The Labute approximate surface area is 178 Å². The van der Waals surface area contributed by atoms with Crippen LogP contribution in [0.1, 0.15) is 46.0 Å². The molecule has 2 aromatic rings. The first-order chi connectivity index (χ1) is 14.2. The molecule has 0 saturated carbocycles. The number of ether oxygens (including phenoxy) is 1. The number of hydrogen-bond donors (Lipinski definition) is 0. The van der Waals surface area contributed by atoms with Crippen molar-refractivity contribution in [3.63, 3.8) is 0 Å². The van der Waals surface area contributed by atoms with E-state index in [0.29, 0.717) is 25.2 Å². The zero-order chi connectivity index (χ0) is 22.5. The standard InChI is InChI=1S/C22H28N2O5S/c1-6-13-24-16(4)14-20(17(24)5)21(25)15-29-22(26)18-9-11-19(12-10-18)30(27,28)23(7-2)8-3/h6,9-12,14H,1,7-8,13,15H2,2-5H3. The highest BCUT2D eigenvalue weighted by molar-refractivity contribution is 7.89. The van der Waals surface area contributed by atoms with E-state index in [1.54, 1.807) is 26.0 Å². The molecule has 1 aromatic heterocycles. The molecule has 0 radical (unpaired) electrons. The van der Waals surface area contributed by atoms with Crippen molar-refractivity contribution < 1.29 is 22.7 Å². The van der Waals surface area contributed by atoms with Crippen molar-refractivity contribution in [1.29, 1.82) is 0 Å². The summed E-state index contributed by atoms with van der Waals surface area (Å²) in [6, 6.07) is 7.28. The van der Waals surface area contributed by atoms with Gasteiger partial charge >= 0.3 is 5.97 Å². The molecule has 0 aliphatic rings. The van der Waals surface area contributed by atoms with E-state index >= 15 is 0 Å². The van der Waals surface area contributed by atoms with Gasteiger partial charge in [-0.1, -0.05) is 19.9 Å². The zero-order valence-electron chi connectivity index (χ0n) is 17.8. The first-order valence-electron chi connectivity index (χ1n) is 9.75. The molecule has 2 rings (SSSR count). The van der Waals surface area contributed by atoms with Crippen LogP contribution in [0.5, 0.6) is 0 Å². The summed E-state index contributed by atoms with van der Waals surface area (Å²) in [5.74, 6) is -0.984. The molecule has 1 aromatic carbocycles. The van der Waals surface area contributed by atoms with Crippen LogP contribution in [0.4, 0.5) is 0 Å². The summed E-state index contributed by atoms with van der Waals surface area (Å²) in [6.07, 6.45) is 1.75. The molecule has 0 saturated heterocycles. The number of nitrogens with zero attached hydrogens (tertiary/aromatic N) is 2. The van der Waals surface area contributed by atoms with Crippen LogP contribution in [0.25, 0.3) is 0 Å². The van der Waals surface area contributed by atoms with Gasteiger partial charge in [-0.3, -0.25) is 4.79 Å². The van der Waals surface area contributed by atoms with Gasteiger partial charge in [-0.15, -0.1) is 6.58 Å². The number of allylic oxidation sites excluding steroid dienone is 1. The van der Waals surface area contributed by atoms with E-state index in [1.807, 2.05) is 18.4 Å². The van der Waals surface area contributed by atoms with Gasteiger partial charge in [0.1, 0.15) is 0 Å². The smallest absolute Gasteiger partial charge is 0.338 e. The predicted octanol–water partition coefficient (Wildman–Crippen LogP) is 3.36. The fraction of sp³-hybridized carbons (Fsp3) is 0.364. The fourth-order valence-electron chi connectivity index (χ4n) is 3.26. The summed E-state index contributed by atoms with van der Waals surface area (Å²) in [7, 11) is -3.60. The highest BCUT2D eigenvalue weighted by atomic mass is 32.2. The summed E-state index contributed by atoms with van der Waals surface area (Å²) >= 11 is 0. The summed E-state index contributed by atoms with van der Waals surface area (Å²) in [4.78, 5) is 24.9. The van der Waals surface area contributed by atoms with E-state index in [2.05, 4.69) is 6.58 Å². The number of carbonyl (C=O) groups is 2. The Morgan fingerprint density at radius 3 is 2.27 bits per heavy atom. The van der Waals surface area contributed by atoms with Gasteiger partial charge in [0.2, 0.25) is 15.8 Å². The van der Waals surface area contributed by atoms with E-state index in [1.165, 1.54) is 28.6 Å². The van der Waals surface area contributed by atoms with E-state index in [-0.39, 0.29) is 16.2 Å². The molecule has 0 amide bonds. The van der Waals surface area contributed by atoms with Gasteiger partial charge in [-0.2, -0.15) is 4.31 Å². The van der Waals surface area contributed by atoms with Crippen molar-refractivity contribution in [2.45, 2.75) is 39.1 Å². The predicted molar refractivity (Wildman–Crippen MR) is 115 cm³/mol. The average Bonchev–Trinajstić information content (AvgIpc) is 3.01. The molecule has 7 nitrogen and oxygen atoms in total. The number of aromatic nitrogens is 1. The molecule has 0 fully saturated rings. The number of esters is 1. The number of aryl methyl sites for hydroxylation is 1. The number of ketones is 1. The number of benzene rings is 1. The van der Waals surface area contributed by atoms with Crippen LogP contribution in [0.3, 0.4) is 0 Å². The normalized spacial score (nSPS) is 11.5. The molecule has 0 N–H and O–H groups in total. The van der Waals surface area contributed by atoms with Crippen LogP contribution in [0.15, 0.2) is 47.9 Å². The van der Waals surface area contributed by atoms with E-state index < -0.39 is 22.6 Å². The monoisotopic (exact) mass is 432 g/mol. The minimum Gasteiger partial charge on any atom is -0.454 e. The van der Waals surface area contributed by atoms with Crippen molar-refractivity contribution in [3.8, 4) is 0 Å². The summed E-state index contributed by atoms with van der Waals surface area (Å²) in [5.41, 5.74) is 2.40. The first-order valence-corrected chi connectivity index (χ1v) is 11.2. The van der Waals surface area contributed by atoms with Crippen molar-refractivity contribution >= 4 is 21.8 Å². The number of hydrogen-bond acceptors (Lipinski definition) is 5. The lowest BCUT2D eigenvalue weighted by Crippen LogP contribution is -2.30. The average molecular weight is 433 g/mol. The minimum absolute atomic E-state index is 0.105. The molecule has 0 spiro atoms. The van der Waals surface area contributed by atoms with Gasteiger partial charge in [-0.05, 0) is 44.2 Å². The van der Waals surface area contributed by atoms with Crippen molar-refractivity contribution in [1.82, 2.24) is 8.87 Å². The maximum absolute atomic E-state index is 12.5. The van der Waals surface area contributed by atoms with Gasteiger partial charge in [0.05, 0.1) is 10.5 Å². The zero-order valence-corrected chi connectivity index (χ0v) is 18.7. The third-order valence-electron chi connectivity index (χ3n) is 4.95. The SMILES string of the molecule is C=CCn1c(C)cc(C(=O)COC(=O)c2ccc(S(=O)(=O)N(CC)CC)cc2)c1C. The van der Waals surface area contributed by atoms with Crippen molar-refractivity contribution in [2.24, 2.45) is 0 Å². The van der Waals surface area contributed by atoms with Gasteiger partial charge < -0.3 is 9.30 Å². The lowest BCUT2D eigenvalue weighted by Gasteiger charge is -2.18. The van der Waals surface area contributed by atoms with Crippen LogP contribution < -0.4 is 0 Å². The minimum atomic E-state index is -3.60. The second kappa shape index (κ2) is 9.86. The summed E-state index contributed by atoms with van der Waals surface area (Å²) < 4.78 is 33.5. The van der Waals surface area contributed by atoms with Gasteiger partial charge in [-0.25, -0.2) is 13.2 Å². The second-order valence-electron chi connectivity index (χ2n) is 6.80. The van der Waals surface area contributed by atoms with Gasteiger partial charge in [0, 0.05) is 36.6 Å². The Hall–Kier alpha value is -2.71. The molecule has 162 valence electrons. The molecule has 0 bridgehead atoms. The van der Waals surface area contributed by atoms with Crippen molar-refractivity contribution in [2.75, 3.05) is 19.7 Å². The van der Waals surface area contributed by atoms with Gasteiger partial charge in [0.15, 0.2) is 6.61 Å². The highest BCUT2D eigenvalue weighted by Gasteiger charge is 2.22. The Morgan fingerprint density at radius 2 is 1.73 bits per heavy atom. The number of sulfonamides is 1. The molecule has 30 heavy (non-hydrogen) atoms. The quantitative estimate of drug-likeness (QED) is 0.326. The lowest BCUT2D eigenvalue weighted by molar-refractivity contribution is 0.0474. The molecular formula is C22H28N2O5S. The maximum atomic E-state index is 12.5. The molecule has 0 aliphatic heterocycles. The van der Waals surface area contributed by atoms with Crippen LogP contribution in [0.2, 0.25) is 0 Å². The Balaban J connectivity index is 2.08. The van der Waals surface area contributed by atoms with Crippen LogP contribution in [0, 0.1) is 13.8 Å². The molecule has 0 aliphatic carbocycles. The molecule has 0 atom stereocenters. The van der Waals surface area contributed by atoms with E-state index in [0.717, 1.165) is 11.4 Å². The third-order valence-corrected chi connectivity index (χ3v) is 7.02. The third kappa shape index (κ3) is 4.88. The Bertz CT molecular complexity index is 1030. The molecule has 1 heterocycles. The van der Waals surface area contributed by atoms with E-state index in [4.69, 9.17) is 4.74 Å². The van der Waals surface area contributed by atoms with Crippen LogP contribution in [-0.4, -0.2) is 48.7 Å².